The van der Waals surface area contributed by atoms with Gasteiger partial charge in [-0.25, -0.2) is 0 Å². The molecule has 1 aliphatic carbocycles. The monoisotopic (exact) mass is 237 g/mol. The first kappa shape index (κ1) is 12.1. The average molecular weight is 237 g/mol. The van der Waals surface area contributed by atoms with Crippen LogP contribution in [0.4, 0.5) is 0 Å². The SMILES string of the molecule is CCc1cc(C(=O)NCC2CC(O)C2)n(C)n1. The second-order valence-electron chi connectivity index (χ2n) is 4.70. The Morgan fingerprint density at radius 2 is 2.35 bits per heavy atom. The molecule has 1 aromatic heterocycles. The lowest BCUT2D eigenvalue weighted by Gasteiger charge is -2.31. The highest BCUT2D eigenvalue weighted by atomic mass is 16.3. The van der Waals surface area contributed by atoms with E-state index in [-0.39, 0.29) is 12.0 Å². The van der Waals surface area contributed by atoms with E-state index in [4.69, 9.17) is 5.11 Å². The summed E-state index contributed by atoms with van der Waals surface area (Å²) in [5.41, 5.74) is 1.53. The first-order valence-electron chi connectivity index (χ1n) is 6.09. The smallest absolute Gasteiger partial charge is 0.269 e. The molecule has 1 fully saturated rings. The number of carbonyl (C=O) groups is 1. The van der Waals surface area contributed by atoms with Crippen LogP contribution < -0.4 is 5.32 Å². The summed E-state index contributed by atoms with van der Waals surface area (Å²) in [7, 11) is 1.78. The van der Waals surface area contributed by atoms with E-state index in [9.17, 15) is 4.79 Å². The number of carbonyl (C=O) groups excluding carboxylic acids is 1. The van der Waals surface area contributed by atoms with E-state index >= 15 is 0 Å². The first-order chi connectivity index (χ1) is 8.10. The van der Waals surface area contributed by atoms with Gasteiger partial charge in [-0.15, -0.1) is 0 Å². The summed E-state index contributed by atoms with van der Waals surface area (Å²) in [6, 6.07) is 1.82. The van der Waals surface area contributed by atoms with E-state index in [1.165, 1.54) is 0 Å². The molecule has 0 unspecified atom stereocenters. The minimum atomic E-state index is -0.166. The lowest BCUT2D eigenvalue weighted by atomic mass is 9.82. The predicted octanol–water partition coefficient (Wildman–Crippen LogP) is 0.483. The summed E-state index contributed by atoms with van der Waals surface area (Å²) in [6.45, 7) is 2.66. The standard InChI is InChI=1S/C12H19N3O2/c1-3-9-6-11(15(2)14-9)12(17)13-7-8-4-10(16)5-8/h6,8,10,16H,3-5,7H2,1-2H3,(H,13,17). The molecule has 1 saturated carbocycles. The normalized spacial score (nSPS) is 23.2. The highest BCUT2D eigenvalue weighted by molar-refractivity contribution is 5.92. The molecule has 0 saturated heterocycles. The van der Waals surface area contributed by atoms with Crippen molar-refractivity contribution in [2.45, 2.75) is 32.3 Å². The van der Waals surface area contributed by atoms with Crippen molar-refractivity contribution >= 4 is 5.91 Å². The maximum absolute atomic E-state index is 11.9. The fourth-order valence-electron chi connectivity index (χ4n) is 2.11. The molecule has 0 aromatic carbocycles. The van der Waals surface area contributed by atoms with Gasteiger partial charge in [0.15, 0.2) is 0 Å². The van der Waals surface area contributed by atoms with Gasteiger partial charge in [0.2, 0.25) is 0 Å². The molecule has 0 aliphatic heterocycles. The fraction of sp³-hybridized carbons (Fsp3) is 0.667. The van der Waals surface area contributed by atoms with Gasteiger partial charge in [0.25, 0.3) is 5.91 Å². The molecule has 0 radical (unpaired) electrons. The van der Waals surface area contributed by atoms with Crippen molar-refractivity contribution in [2.24, 2.45) is 13.0 Å². The zero-order valence-electron chi connectivity index (χ0n) is 10.3. The molecule has 2 rings (SSSR count). The van der Waals surface area contributed by atoms with E-state index in [0.717, 1.165) is 25.0 Å². The second kappa shape index (κ2) is 4.87. The topological polar surface area (TPSA) is 67.2 Å². The Morgan fingerprint density at radius 3 is 2.88 bits per heavy atom. The molecule has 94 valence electrons. The van der Waals surface area contributed by atoms with E-state index in [1.807, 2.05) is 13.0 Å². The van der Waals surface area contributed by atoms with Gasteiger partial charge in [0.05, 0.1) is 11.8 Å². The summed E-state index contributed by atoms with van der Waals surface area (Å²) >= 11 is 0. The quantitative estimate of drug-likeness (QED) is 0.800. The molecule has 2 N–H and O–H groups in total. The number of aliphatic hydroxyl groups excluding tert-OH is 1. The van der Waals surface area contributed by atoms with Crippen molar-refractivity contribution in [2.75, 3.05) is 6.54 Å². The number of hydrogen-bond donors (Lipinski definition) is 2. The van der Waals surface area contributed by atoms with Gasteiger partial charge in [0, 0.05) is 13.6 Å². The maximum Gasteiger partial charge on any atom is 0.269 e. The Bertz CT molecular complexity index is 408. The zero-order valence-corrected chi connectivity index (χ0v) is 10.3. The van der Waals surface area contributed by atoms with Gasteiger partial charge in [0.1, 0.15) is 5.69 Å². The Hall–Kier alpha value is -1.36. The zero-order chi connectivity index (χ0) is 12.4. The molecule has 0 bridgehead atoms. The van der Waals surface area contributed by atoms with Gasteiger partial charge >= 0.3 is 0 Å². The summed E-state index contributed by atoms with van der Waals surface area (Å²) in [5.74, 6) is 0.342. The number of hydrogen-bond acceptors (Lipinski definition) is 3. The molecule has 5 heteroatoms. The number of aryl methyl sites for hydroxylation is 2. The van der Waals surface area contributed by atoms with E-state index in [1.54, 1.807) is 11.7 Å². The number of amides is 1. The molecule has 1 heterocycles. The number of nitrogens with one attached hydrogen (secondary N) is 1. The number of aromatic nitrogens is 2. The van der Waals surface area contributed by atoms with Crippen LogP contribution in [0.25, 0.3) is 0 Å². The van der Waals surface area contributed by atoms with Crippen LogP contribution in [0.3, 0.4) is 0 Å². The summed E-state index contributed by atoms with van der Waals surface area (Å²) < 4.78 is 1.61. The number of nitrogens with zero attached hydrogens (tertiary/aromatic N) is 2. The highest BCUT2D eigenvalue weighted by Crippen LogP contribution is 2.26. The van der Waals surface area contributed by atoms with E-state index < -0.39 is 0 Å². The van der Waals surface area contributed by atoms with Crippen molar-refractivity contribution < 1.29 is 9.90 Å². The van der Waals surface area contributed by atoms with Crippen LogP contribution in [0.2, 0.25) is 0 Å². The minimum absolute atomic E-state index is 0.0823. The van der Waals surface area contributed by atoms with Gasteiger partial charge in [-0.1, -0.05) is 6.92 Å². The lowest BCUT2D eigenvalue weighted by molar-refractivity contribution is 0.0419. The summed E-state index contributed by atoms with van der Waals surface area (Å²) in [5, 5.41) is 16.3. The van der Waals surface area contributed by atoms with Crippen LogP contribution in [-0.4, -0.2) is 33.4 Å². The average Bonchev–Trinajstić information content (AvgIpc) is 2.64. The Morgan fingerprint density at radius 1 is 1.65 bits per heavy atom. The third-order valence-electron chi connectivity index (χ3n) is 3.29. The third kappa shape index (κ3) is 2.66. The van der Waals surface area contributed by atoms with E-state index in [2.05, 4.69) is 10.4 Å². The van der Waals surface area contributed by atoms with Crippen molar-refractivity contribution in [1.82, 2.24) is 15.1 Å². The van der Waals surface area contributed by atoms with Crippen molar-refractivity contribution in [3.05, 3.63) is 17.5 Å². The maximum atomic E-state index is 11.9. The number of aliphatic hydroxyl groups is 1. The Kier molecular flexibility index (Phi) is 3.47. The molecule has 0 atom stereocenters. The molecule has 0 spiro atoms. The molecular weight excluding hydrogens is 218 g/mol. The largest absolute Gasteiger partial charge is 0.393 e. The van der Waals surface area contributed by atoms with Crippen molar-refractivity contribution in [3.63, 3.8) is 0 Å². The third-order valence-corrected chi connectivity index (χ3v) is 3.29. The van der Waals surface area contributed by atoms with Crippen LogP contribution in [0.5, 0.6) is 0 Å². The van der Waals surface area contributed by atoms with Crippen LogP contribution >= 0.6 is 0 Å². The van der Waals surface area contributed by atoms with Crippen LogP contribution in [-0.2, 0) is 13.5 Å². The van der Waals surface area contributed by atoms with Gasteiger partial charge in [-0.2, -0.15) is 5.10 Å². The van der Waals surface area contributed by atoms with Crippen LogP contribution in [0, 0.1) is 5.92 Å². The molecule has 17 heavy (non-hydrogen) atoms. The van der Waals surface area contributed by atoms with Gasteiger partial charge in [-0.3, -0.25) is 9.48 Å². The number of rotatable bonds is 4. The molecule has 1 amide bonds. The predicted molar refractivity (Wildman–Crippen MR) is 63.7 cm³/mol. The summed E-state index contributed by atoms with van der Waals surface area (Å²) in [6.07, 6.45) is 2.26. The van der Waals surface area contributed by atoms with Gasteiger partial charge in [-0.05, 0) is 31.2 Å². The minimum Gasteiger partial charge on any atom is -0.393 e. The molecule has 1 aromatic rings. The fourth-order valence-corrected chi connectivity index (χ4v) is 2.11. The molecule has 5 nitrogen and oxygen atoms in total. The Balaban J connectivity index is 1.88. The lowest BCUT2D eigenvalue weighted by Crippen LogP contribution is -2.38. The molecular formula is C12H19N3O2. The second-order valence-corrected chi connectivity index (χ2v) is 4.70. The van der Waals surface area contributed by atoms with Crippen molar-refractivity contribution in [1.29, 1.82) is 0 Å². The first-order valence-corrected chi connectivity index (χ1v) is 6.09. The van der Waals surface area contributed by atoms with Gasteiger partial charge < -0.3 is 10.4 Å². The summed E-state index contributed by atoms with van der Waals surface area (Å²) in [4.78, 5) is 11.9. The highest BCUT2D eigenvalue weighted by Gasteiger charge is 2.27. The molecule has 1 aliphatic rings. The van der Waals surface area contributed by atoms with E-state index in [0.29, 0.717) is 18.2 Å². The van der Waals surface area contributed by atoms with Crippen LogP contribution in [0.1, 0.15) is 35.9 Å². The van der Waals surface area contributed by atoms with Crippen molar-refractivity contribution in [3.8, 4) is 0 Å². The Labute approximate surface area is 101 Å². The van der Waals surface area contributed by atoms with Crippen LogP contribution in [0.15, 0.2) is 6.07 Å².